The SMILES string of the molecule is N/C(=N/O)c1nccc2nc(-c3ccc(Cl)cc3)c(-c3ccccc3)cc12. The molecular weight excluding hydrogens is 360 g/mol. The van der Waals surface area contributed by atoms with E-state index in [-0.39, 0.29) is 5.84 Å². The van der Waals surface area contributed by atoms with E-state index in [0.29, 0.717) is 21.6 Å². The number of amidine groups is 1. The van der Waals surface area contributed by atoms with Gasteiger partial charge in [-0.25, -0.2) is 4.98 Å². The summed E-state index contributed by atoms with van der Waals surface area (Å²) in [5.74, 6) is -0.0549. The maximum Gasteiger partial charge on any atom is 0.189 e. The van der Waals surface area contributed by atoms with Gasteiger partial charge in [0.25, 0.3) is 0 Å². The molecule has 2 heterocycles. The summed E-state index contributed by atoms with van der Waals surface area (Å²) in [6.45, 7) is 0. The average molecular weight is 375 g/mol. The largest absolute Gasteiger partial charge is 0.409 e. The van der Waals surface area contributed by atoms with E-state index in [4.69, 9.17) is 27.5 Å². The van der Waals surface area contributed by atoms with Gasteiger partial charge >= 0.3 is 0 Å². The lowest BCUT2D eigenvalue weighted by molar-refractivity contribution is 0.318. The van der Waals surface area contributed by atoms with Gasteiger partial charge in [0.15, 0.2) is 5.84 Å². The first-order valence-electron chi connectivity index (χ1n) is 8.26. The number of fused-ring (bicyclic) bond motifs is 1. The van der Waals surface area contributed by atoms with Crippen LogP contribution in [0.5, 0.6) is 0 Å². The van der Waals surface area contributed by atoms with E-state index < -0.39 is 0 Å². The first kappa shape index (κ1) is 17.0. The van der Waals surface area contributed by atoms with Crippen LogP contribution >= 0.6 is 11.6 Å². The molecule has 0 bridgehead atoms. The topological polar surface area (TPSA) is 84.4 Å². The van der Waals surface area contributed by atoms with Crippen molar-refractivity contribution in [3.63, 3.8) is 0 Å². The number of pyridine rings is 2. The number of halogens is 1. The van der Waals surface area contributed by atoms with Crippen molar-refractivity contribution in [1.82, 2.24) is 9.97 Å². The molecule has 0 radical (unpaired) electrons. The summed E-state index contributed by atoms with van der Waals surface area (Å²) in [7, 11) is 0. The number of rotatable bonds is 3. The molecule has 0 aliphatic carbocycles. The number of oxime groups is 1. The van der Waals surface area contributed by atoms with Gasteiger partial charge in [-0.1, -0.05) is 59.2 Å². The molecule has 0 unspecified atom stereocenters. The van der Waals surface area contributed by atoms with Gasteiger partial charge < -0.3 is 10.9 Å². The molecular formula is C21H15ClN4O. The molecule has 5 nitrogen and oxygen atoms in total. The third-order valence-corrected chi connectivity index (χ3v) is 4.55. The lowest BCUT2D eigenvalue weighted by Crippen LogP contribution is -2.15. The lowest BCUT2D eigenvalue weighted by atomic mass is 9.97. The molecule has 132 valence electrons. The molecule has 6 heteroatoms. The van der Waals surface area contributed by atoms with Crippen molar-refractivity contribution in [2.45, 2.75) is 0 Å². The first-order valence-corrected chi connectivity index (χ1v) is 8.64. The number of nitrogens with two attached hydrogens (primary N) is 1. The van der Waals surface area contributed by atoms with E-state index in [1.54, 1.807) is 12.3 Å². The summed E-state index contributed by atoms with van der Waals surface area (Å²) >= 11 is 6.04. The third kappa shape index (κ3) is 3.20. The monoisotopic (exact) mass is 374 g/mol. The summed E-state index contributed by atoms with van der Waals surface area (Å²) in [4.78, 5) is 9.11. The van der Waals surface area contributed by atoms with Crippen LogP contribution in [0.15, 0.2) is 78.1 Å². The summed E-state index contributed by atoms with van der Waals surface area (Å²) in [5, 5.41) is 13.6. The van der Waals surface area contributed by atoms with Gasteiger partial charge in [0.1, 0.15) is 5.69 Å². The Kier molecular flexibility index (Phi) is 4.44. The predicted molar refractivity (Wildman–Crippen MR) is 108 cm³/mol. The number of hydrogen-bond donors (Lipinski definition) is 2. The molecule has 3 N–H and O–H groups in total. The maximum absolute atomic E-state index is 9.08. The van der Waals surface area contributed by atoms with Crippen LogP contribution in [0, 0.1) is 0 Å². The van der Waals surface area contributed by atoms with Crippen LogP contribution in [0.2, 0.25) is 5.02 Å². The van der Waals surface area contributed by atoms with Crippen molar-refractivity contribution in [2.75, 3.05) is 0 Å². The van der Waals surface area contributed by atoms with Crippen LogP contribution in [0.3, 0.4) is 0 Å². The summed E-state index contributed by atoms with van der Waals surface area (Å²) < 4.78 is 0. The fourth-order valence-corrected chi connectivity index (χ4v) is 3.14. The number of benzene rings is 2. The normalized spacial score (nSPS) is 11.7. The molecule has 0 aliphatic rings. The van der Waals surface area contributed by atoms with Crippen molar-refractivity contribution in [3.05, 3.63) is 83.6 Å². The second-order valence-corrected chi connectivity index (χ2v) is 6.41. The first-order chi connectivity index (χ1) is 13.2. The molecule has 27 heavy (non-hydrogen) atoms. The zero-order valence-electron chi connectivity index (χ0n) is 14.2. The number of hydrogen-bond acceptors (Lipinski definition) is 4. The molecule has 0 saturated carbocycles. The fourth-order valence-electron chi connectivity index (χ4n) is 3.01. The van der Waals surface area contributed by atoms with E-state index in [2.05, 4.69) is 10.1 Å². The molecule has 4 rings (SSSR count). The van der Waals surface area contributed by atoms with Crippen molar-refractivity contribution >= 4 is 28.3 Å². The van der Waals surface area contributed by atoms with Gasteiger partial charge in [0.05, 0.1) is 11.2 Å². The second kappa shape index (κ2) is 7.05. The quantitative estimate of drug-likeness (QED) is 0.235. The van der Waals surface area contributed by atoms with Gasteiger partial charge in [-0.2, -0.15) is 0 Å². The molecule has 0 aliphatic heterocycles. The van der Waals surface area contributed by atoms with Crippen LogP contribution in [0.1, 0.15) is 5.69 Å². The molecule has 2 aromatic carbocycles. The van der Waals surface area contributed by atoms with Crippen molar-refractivity contribution in [1.29, 1.82) is 0 Å². The van der Waals surface area contributed by atoms with E-state index in [1.165, 1.54) is 0 Å². The molecule has 0 spiro atoms. The zero-order valence-corrected chi connectivity index (χ0v) is 14.9. The Morgan fingerprint density at radius 3 is 2.41 bits per heavy atom. The van der Waals surface area contributed by atoms with E-state index in [1.807, 2.05) is 60.7 Å². The van der Waals surface area contributed by atoms with Gasteiger partial charge in [-0.3, -0.25) is 4.98 Å². The van der Waals surface area contributed by atoms with Gasteiger partial charge in [0, 0.05) is 27.7 Å². The molecule has 0 amide bonds. The highest BCUT2D eigenvalue weighted by Gasteiger charge is 2.15. The Hall–Kier alpha value is -3.44. The van der Waals surface area contributed by atoms with Crippen molar-refractivity contribution in [2.24, 2.45) is 10.9 Å². The van der Waals surface area contributed by atoms with Crippen molar-refractivity contribution < 1.29 is 5.21 Å². The lowest BCUT2D eigenvalue weighted by Gasteiger charge is -2.13. The predicted octanol–water partition coefficient (Wildman–Crippen LogP) is 4.71. The van der Waals surface area contributed by atoms with Crippen LogP contribution in [0.4, 0.5) is 0 Å². The van der Waals surface area contributed by atoms with Crippen molar-refractivity contribution in [3.8, 4) is 22.4 Å². The zero-order chi connectivity index (χ0) is 18.8. The van der Waals surface area contributed by atoms with E-state index in [9.17, 15) is 0 Å². The Labute approximate surface area is 160 Å². The smallest absolute Gasteiger partial charge is 0.189 e. The van der Waals surface area contributed by atoms with Crippen LogP contribution in [-0.2, 0) is 0 Å². The minimum atomic E-state index is -0.0549. The highest BCUT2D eigenvalue weighted by molar-refractivity contribution is 6.30. The average Bonchev–Trinajstić information content (AvgIpc) is 2.73. The summed E-state index contributed by atoms with van der Waals surface area (Å²) in [5.41, 5.74) is 10.6. The van der Waals surface area contributed by atoms with Gasteiger partial charge in [-0.15, -0.1) is 0 Å². The van der Waals surface area contributed by atoms with E-state index in [0.717, 1.165) is 22.4 Å². The summed E-state index contributed by atoms with van der Waals surface area (Å²) in [6, 6.07) is 21.3. The molecule has 0 fully saturated rings. The Morgan fingerprint density at radius 2 is 1.70 bits per heavy atom. The second-order valence-electron chi connectivity index (χ2n) is 5.97. The Bertz CT molecular complexity index is 1140. The molecule has 2 aromatic heterocycles. The minimum absolute atomic E-state index is 0.0549. The van der Waals surface area contributed by atoms with Crippen LogP contribution in [0.25, 0.3) is 33.3 Å². The summed E-state index contributed by atoms with van der Waals surface area (Å²) in [6.07, 6.45) is 1.59. The maximum atomic E-state index is 9.08. The Balaban J connectivity index is 2.06. The van der Waals surface area contributed by atoms with Crippen LogP contribution in [-0.4, -0.2) is 21.0 Å². The highest BCUT2D eigenvalue weighted by atomic mass is 35.5. The molecule has 0 saturated heterocycles. The van der Waals surface area contributed by atoms with Gasteiger partial charge in [-0.05, 0) is 29.8 Å². The molecule has 4 aromatic rings. The van der Waals surface area contributed by atoms with Gasteiger partial charge in [0.2, 0.25) is 0 Å². The Morgan fingerprint density at radius 1 is 0.963 bits per heavy atom. The molecule has 0 atom stereocenters. The standard InChI is InChI=1S/C21H15ClN4O/c22-15-8-6-14(7-9-15)19-16(13-4-2-1-3-5-13)12-17-18(25-19)10-11-24-20(17)21(23)26-27/h1-12,27H,(H2,23,26). The number of nitrogens with zero attached hydrogens (tertiary/aromatic N) is 3. The fraction of sp³-hybridized carbons (Fsp3) is 0. The van der Waals surface area contributed by atoms with Crippen LogP contribution < -0.4 is 5.73 Å². The highest BCUT2D eigenvalue weighted by Crippen LogP contribution is 2.34. The minimum Gasteiger partial charge on any atom is -0.409 e. The van der Waals surface area contributed by atoms with E-state index >= 15 is 0 Å². The third-order valence-electron chi connectivity index (χ3n) is 4.30. The number of aromatic nitrogens is 2.